The summed E-state index contributed by atoms with van der Waals surface area (Å²) in [5, 5.41) is 4.09. The largest absolute Gasteiger partial charge is 0.462 e. The molecule has 0 N–H and O–H groups in total. The third kappa shape index (κ3) is 4.19. The molecule has 0 radical (unpaired) electrons. The third-order valence-electron chi connectivity index (χ3n) is 5.35. The Morgan fingerprint density at radius 3 is 2.40 bits per heavy atom. The molecule has 1 aromatic rings. The number of hydrogen-bond donors (Lipinski definition) is 0. The van der Waals surface area contributed by atoms with Gasteiger partial charge in [-0.3, -0.25) is 4.90 Å². The second-order valence-electron chi connectivity index (χ2n) is 7.26. The molecule has 1 aromatic heterocycles. The lowest BCUT2D eigenvalue weighted by Crippen LogP contribution is -2.41. The van der Waals surface area contributed by atoms with Gasteiger partial charge in [0.05, 0.1) is 19.5 Å². The monoisotopic (exact) mass is 355 g/mol. The van der Waals surface area contributed by atoms with Gasteiger partial charge in [0.15, 0.2) is 0 Å². The number of esters is 1. The van der Waals surface area contributed by atoms with Crippen LogP contribution in [0.5, 0.6) is 0 Å². The number of halogens is 2. The van der Waals surface area contributed by atoms with Gasteiger partial charge in [0.2, 0.25) is 0 Å². The molecule has 140 valence electrons. The maximum Gasteiger partial charge on any atom is 0.341 e. The van der Waals surface area contributed by atoms with Crippen LogP contribution in [0.4, 0.5) is 8.78 Å². The lowest BCUT2D eigenvalue weighted by molar-refractivity contribution is 0.0507. The first-order chi connectivity index (χ1) is 12.0. The Bertz CT molecular complexity index is 593. The minimum Gasteiger partial charge on any atom is -0.462 e. The van der Waals surface area contributed by atoms with Crippen molar-refractivity contribution in [1.82, 2.24) is 14.7 Å². The van der Waals surface area contributed by atoms with E-state index in [2.05, 4.69) is 16.9 Å². The highest BCUT2D eigenvalue weighted by atomic mass is 19.3. The van der Waals surface area contributed by atoms with Crippen molar-refractivity contribution in [3.05, 3.63) is 17.5 Å². The van der Waals surface area contributed by atoms with Crippen LogP contribution in [-0.2, 0) is 11.4 Å². The van der Waals surface area contributed by atoms with Crippen LogP contribution in [0, 0.1) is 5.92 Å². The molecule has 0 amide bonds. The summed E-state index contributed by atoms with van der Waals surface area (Å²) in [6, 6.07) is 0.878. The Labute approximate surface area is 147 Å². The normalized spacial score (nSPS) is 24.1. The Balaban J connectivity index is 1.79. The number of nitrogens with zero attached hydrogens (tertiary/aromatic N) is 3. The van der Waals surface area contributed by atoms with Crippen molar-refractivity contribution in [3.63, 3.8) is 0 Å². The molecule has 3 rings (SSSR count). The molecule has 2 aliphatic rings. The molecule has 2 saturated carbocycles. The number of carbonyl (C=O) groups is 1. The molecule has 0 saturated heterocycles. The van der Waals surface area contributed by atoms with E-state index in [1.165, 1.54) is 23.7 Å². The van der Waals surface area contributed by atoms with Crippen LogP contribution in [0.2, 0.25) is 0 Å². The highest BCUT2D eigenvalue weighted by molar-refractivity contribution is 5.90. The zero-order chi connectivity index (χ0) is 18.0. The summed E-state index contributed by atoms with van der Waals surface area (Å²) >= 11 is 0. The zero-order valence-electron chi connectivity index (χ0n) is 15.0. The summed E-state index contributed by atoms with van der Waals surface area (Å²) in [5.41, 5.74) is -0.446. The number of aromatic nitrogens is 2. The van der Waals surface area contributed by atoms with E-state index in [1.54, 1.807) is 6.92 Å². The summed E-state index contributed by atoms with van der Waals surface area (Å²) < 4.78 is 33.4. The molecule has 0 unspecified atom stereocenters. The predicted molar refractivity (Wildman–Crippen MR) is 89.4 cm³/mol. The molecule has 2 aliphatic carbocycles. The number of ether oxygens (including phenoxy) is 1. The van der Waals surface area contributed by atoms with Gasteiger partial charge in [0.1, 0.15) is 11.3 Å². The van der Waals surface area contributed by atoms with Gasteiger partial charge < -0.3 is 4.74 Å². The predicted octanol–water partition coefficient (Wildman–Crippen LogP) is 4.00. The van der Waals surface area contributed by atoms with Crippen LogP contribution >= 0.6 is 0 Å². The highest BCUT2D eigenvalue weighted by Gasteiger charge is 2.37. The number of hydrogen-bond acceptors (Lipinski definition) is 4. The van der Waals surface area contributed by atoms with Crippen LogP contribution in [0.1, 0.15) is 74.8 Å². The standard InChI is InChI=1S/C18H27F2N3O2/c1-3-25-18(24)15-10-21-23(16(15)17(19)20)11-22(14-8-9-14)13-6-4-12(2)5-7-13/h10,12-14,17H,3-9,11H2,1-2H3. The first kappa shape index (κ1) is 18.3. The first-order valence-corrected chi connectivity index (χ1v) is 9.28. The molecule has 7 heteroatoms. The van der Waals surface area contributed by atoms with Gasteiger partial charge in [-0.25, -0.2) is 18.3 Å². The second kappa shape index (κ2) is 7.81. The van der Waals surface area contributed by atoms with Crippen molar-refractivity contribution in [2.45, 2.75) is 77.6 Å². The Morgan fingerprint density at radius 2 is 1.88 bits per heavy atom. The van der Waals surface area contributed by atoms with E-state index in [-0.39, 0.29) is 17.9 Å². The van der Waals surface area contributed by atoms with Crippen molar-refractivity contribution in [2.24, 2.45) is 5.92 Å². The lowest BCUT2D eigenvalue weighted by atomic mass is 9.86. The minimum absolute atomic E-state index is 0.120. The number of carbonyl (C=O) groups excluding carboxylic acids is 1. The summed E-state index contributed by atoms with van der Waals surface area (Å²) in [6.07, 6.45) is 5.26. The Morgan fingerprint density at radius 1 is 1.28 bits per heavy atom. The molecular weight excluding hydrogens is 328 g/mol. The van der Waals surface area contributed by atoms with Crippen molar-refractivity contribution in [3.8, 4) is 0 Å². The van der Waals surface area contributed by atoms with E-state index in [0.717, 1.165) is 31.6 Å². The lowest BCUT2D eigenvalue weighted by Gasteiger charge is -2.36. The molecule has 25 heavy (non-hydrogen) atoms. The fourth-order valence-electron chi connectivity index (χ4n) is 3.77. The van der Waals surface area contributed by atoms with E-state index >= 15 is 0 Å². The van der Waals surface area contributed by atoms with Crippen LogP contribution in [-0.4, -0.2) is 39.3 Å². The minimum atomic E-state index is -2.76. The fourth-order valence-corrected chi connectivity index (χ4v) is 3.77. The average Bonchev–Trinajstić information content (AvgIpc) is 3.32. The third-order valence-corrected chi connectivity index (χ3v) is 5.35. The number of rotatable bonds is 7. The first-order valence-electron chi connectivity index (χ1n) is 9.28. The second-order valence-corrected chi connectivity index (χ2v) is 7.26. The van der Waals surface area contributed by atoms with Crippen LogP contribution < -0.4 is 0 Å². The Kier molecular flexibility index (Phi) is 5.71. The highest BCUT2D eigenvalue weighted by Crippen LogP contribution is 2.36. The van der Waals surface area contributed by atoms with E-state index in [0.29, 0.717) is 18.8 Å². The maximum atomic E-state index is 13.6. The molecule has 0 aliphatic heterocycles. The van der Waals surface area contributed by atoms with Crippen molar-refractivity contribution >= 4 is 5.97 Å². The summed E-state index contributed by atoms with van der Waals surface area (Å²) in [6.45, 7) is 4.40. The molecule has 0 aromatic carbocycles. The molecule has 1 heterocycles. The van der Waals surface area contributed by atoms with E-state index < -0.39 is 12.4 Å². The molecule has 5 nitrogen and oxygen atoms in total. The molecule has 0 spiro atoms. The van der Waals surface area contributed by atoms with E-state index in [1.807, 2.05) is 0 Å². The summed E-state index contributed by atoms with van der Waals surface area (Å²) in [5.74, 6) is 0.0163. The van der Waals surface area contributed by atoms with Crippen molar-refractivity contribution in [2.75, 3.05) is 6.61 Å². The SMILES string of the molecule is CCOC(=O)c1cnn(CN(C2CCC(C)CC2)C2CC2)c1C(F)F. The smallest absolute Gasteiger partial charge is 0.341 e. The molecule has 0 bridgehead atoms. The van der Waals surface area contributed by atoms with Gasteiger partial charge in [-0.2, -0.15) is 5.10 Å². The number of alkyl halides is 2. The van der Waals surface area contributed by atoms with Crippen LogP contribution in [0.15, 0.2) is 6.20 Å². The summed E-state index contributed by atoms with van der Waals surface area (Å²) in [4.78, 5) is 14.2. The maximum absolute atomic E-state index is 13.6. The van der Waals surface area contributed by atoms with E-state index in [4.69, 9.17) is 4.74 Å². The topological polar surface area (TPSA) is 47.4 Å². The van der Waals surface area contributed by atoms with Gasteiger partial charge in [-0.1, -0.05) is 6.92 Å². The van der Waals surface area contributed by atoms with Gasteiger partial charge in [0.25, 0.3) is 6.43 Å². The van der Waals surface area contributed by atoms with Gasteiger partial charge in [0, 0.05) is 12.1 Å². The Hall–Kier alpha value is -1.50. The van der Waals surface area contributed by atoms with Gasteiger partial charge >= 0.3 is 5.97 Å². The average molecular weight is 355 g/mol. The van der Waals surface area contributed by atoms with E-state index in [9.17, 15) is 13.6 Å². The van der Waals surface area contributed by atoms with Crippen molar-refractivity contribution in [1.29, 1.82) is 0 Å². The quantitative estimate of drug-likeness (QED) is 0.694. The molecule has 2 fully saturated rings. The van der Waals surface area contributed by atoms with Crippen molar-refractivity contribution < 1.29 is 18.3 Å². The molecular formula is C18H27F2N3O2. The van der Waals surface area contributed by atoms with Crippen LogP contribution in [0.25, 0.3) is 0 Å². The van der Waals surface area contributed by atoms with Gasteiger partial charge in [-0.15, -0.1) is 0 Å². The van der Waals surface area contributed by atoms with Crippen LogP contribution in [0.3, 0.4) is 0 Å². The zero-order valence-corrected chi connectivity index (χ0v) is 15.0. The molecule has 0 atom stereocenters. The fraction of sp³-hybridized carbons (Fsp3) is 0.778. The van der Waals surface area contributed by atoms with Gasteiger partial charge in [-0.05, 0) is 51.4 Å². The summed E-state index contributed by atoms with van der Waals surface area (Å²) in [7, 11) is 0.